The van der Waals surface area contributed by atoms with Crippen LogP contribution in [0.25, 0.3) is 10.9 Å². The summed E-state index contributed by atoms with van der Waals surface area (Å²) in [5, 5.41) is 0.989. The van der Waals surface area contributed by atoms with E-state index in [1.807, 2.05) is 30.3 Å². The van der Waals surface area contributed by atoms with Crippen molar-refractivity contribution >= 4 is 17.2 Å². The first-order chi connectivity index (χ1) is 10.3. The van der Waals surface area contributed by atoms with E-state index in [2.05, 4.69) is 4.98 Å². The van der Waals surface area contributed by atoms with E-state index in [0.717, 1.165) is 16.5 Å². The number of rotatable bonds is 4. The van der Waals surface area contributed by atoms with Crippen molar-refractivity contribution in [1.29, 1.82) is 0 Å². The van der Waals surface area contributed by atoms with E-state index in [1.165, 1.54) is 18.2 Å². The summed E-state index contributed by atoms with van der Waals surface area (Å²) in [7, 11) is 0. The highest BCUT2D eigenvalue weighted by molar-refractivity contribution is 5.80. The number of halogens is 1. The minimum atomic E-state index is -0.540. The van der Waals surface area contributed by atoms with Gasteiger partial charge in [-0.3, -0.25) is 9.78 Å². The number of nitrogens with zero attached hydrogens (tertiary/aromatic N) is 1. The molecule has 21 heavy (non-hydrogen) atoms. The molecule has 0 unspecified atom stereocenters. The lowest BCUT2D eigenvalue weighted by Gasteiger charge is -2.10. The van der Waals surface area contributed by atoms with E-state index < -0.39 is 5.82 Å². The molecule has 0 saturated carbocycles. The molecule has 104 valence electrons. The van der Waals surface area contributed by atoms with Gasteiger partial charge >= 0.3 is 0 Å². The van der Waals surface area contributed by atoms with Crippen LogP contribution < -0.4 is 4.74 Å². The molecule has 0 fully saturated rings. The molecule has 3 aromatic rings. The van der Waals surface area contributed by atoms with Crippen molar-refractivity contribution in [3.63, 3.8) is 0 Å². The zero-order valence-electron chi connectivity index (χ0n) is 11.1. The van der Waals surface area contributed by atoms with E-state index >= 15 is 0 Å². The van der Waals surface area contributed by atoms with Gasteiger partial charge in [-0.15, -0.1) is 0 Å². The number of pyridine rings is 1. The SMILES string of the molecule is O=Cc1cccc(F)c1OCc1ccc2ncccc2c1. The van der Waals surface area contributed by atoms with Crippen molar-refractivity contribution in [2.45, 2.75) is 6.61 Å². The molecule has 0 bridgehead atoms. The van der Waals surface area contributed by atoms with E-state index in [0.29, 0.717) is 6.29 Å². The Morgan fingerprint density at radius 1 is 1.14 bits per heavy atom. The number of carbonyl (C=O) groups excluding carboxylic acids is 1. The van der Waals surface area contributed by atoms with Crippen LogP contribution in [-0.4, -0.2) is 11.3 Å². The molecule has 0 N–H and O–H groups in total. The average Bonchev–Trinajstić information content (AvgIpc) is 2.53. The maximum atomic E-state index is 13.7. The molecule has 0 radical (unpaired) electrons. The van der Waals surface area contributed by atoms with Crippen molar-refractivity contribution in [3.8, 4) is 5.75 Å². The number of benzene rings is 2. The van der Waals surface area contributed by atoms with Crippen LogP contribution in [-0.2, 0) is 6.61 Å². The molecule has 1 heterocycles. The molecule has 0 spiro atoms. The van der Waals surface area contributed by atoms with Crippen LogP contribution in [0.5, 0.6) is 5.75 Å². The molecule has 2 aromatic carbocycles. The second-order valence-corrected chi connectivity index (χ2v) is 4.60. The third-order valence-electron chi connectivity index (χ3n) is 3.17. The van der Waals surface area contributed by atoms with E-state index in [-0.39, 0.29) is 17.9 Å². The van der Waals surface area contributed by atoms with Crippen molar-refractivity contribution in [2.24, 2.45) is 0 Å². The minimum absolute atomic E-state index is 0.0150. The molecule has 0 aliphatic rings. The fourth-order valence-electron chi connectivity index (χ4n) is 2.14. The Labute approximate surface area is 121 Å². The molecular weight excluding hydrogens is 269 g/mol. The summed E-state index contributed by atoms with van der Waals surface area (Å²) in [6, 6.07) is 13.8. The molecule has 0 saturated heterocycles. The number of aldehydes is 1. The molecule has 0 amide bonds. The zero-order valence-corrected chi connectivity index (χ0v) is 11.1. The molecule has 4 heteroatoms. The Morgan fingerprint density at radius 2 is 2.05 bits per heavy atom. The van der Waals surface area contributed by atoms with Gasteiger partial charge < -0.3 is 4.74 Å². The van der Waals surface area contributed by atoms with Gasteiger partial charge in [-0.2, -0.15) is 0 Å². The summed E-state index contributed by atoms with van der Waals surface area (Å²) in [5.41, 5.74) is 1.98. The standard InChI is InChI=1S/C17H12FNO2/c18-15-5-1-3-14(10-20)17(15)21-11-12-6-7-16-13(9-12)4-2-8-19-16/h1-10H,11H2. The van der Waals surface area contributed by atoms with Gasteiger partial charge in [0.15, 0.2) is 17.9 Å². The molecular formula is C17H12FNO2. The zero-order chi connectivity index (χ0) is 14.7. The van der Waals surface area contributed by atoms with Crippen LogP contribution in [0.4, 0.5) is 4.39 Å². The maximum Gasteiger partial charge on any atom is 0.165 e. The van der Waals surface area contributed by atoms with E-state index in [4.69, 9.17) is 4.74 Å². The van der Waals surface area contributed by atoms with Crippen molar-refractivity contribution in [2.75, 3.05) is 0 Å². The first-order valence-electron chi connectivity index (χ1n) is 6.48. The van der Waals surface area contributed by atoms with Gasteiger partial charge in [-0.25, -0.2) is 4.39 Å². The van der Waals surface area contributed by atoms with Crippen LogP contribution in [0, 0.1) is 5.82 Å². The van der Waals surface area contributed by atoms with Crippen LogP contribution in [0.2, 0.25) is 0 Å². The van der Waals surface area contributed by atoms with Gasteiger partial charge in [0.2, 0.25) is 0 Å². The van der Waals surface area contributed by atoms with Gasteiger partial charge in [0.1, 0.15) is 6.61 Å². The largest absolute Gasteiger partial charge is 0.485 e. The lowest BCUT2D eigenvalue weighted by Crippen LogP contribution is -2.00. The van der Waals surface area contributed by atoms with Crippen molar-refractivity contribution in [3.05, 3.63) is 71.7 Å². The lowest BCUT2D eigenvalue weighted by atomic mass is 10.1. The van der Waals surface area contributed by atoms with Gasteiger partial charge in [-0.1, -0.05) is 18.2 Å². The second kappa shape index (κ2) is 5.71. The molecule has 1 aromatic heterocycles. The fraction of sp³-hybridized carbons (Fsp3) is 0.0588. The Kier molecular flexibility index (Phi) is 3.60. The Morgan fingerprint density at radius 3 is 2.90 bits per heavy atom. The maximum absolute atomic E-state index is 13.7. The Hall–Kier alpha value is -2.75. The number of fused-ring (bicyclic) bond motifs is 1. The van der Waals surface area contributed by atoms with E-state index in [1.54, 1.807) is 6.20 Å². The molecule has 0 aliphatic heterocycles. The van der Waals surface area contributed by atoms with Crippen molar-refractivity contribution in [1.82, 2.24) is 4.98 Å². The van der Waals surface area contributed by atoms with Gasteiger partial charge in [0.05, 0.1) is 11.1 Å². The molecule has 0 aliphatic carbocycles. The highest BCUT2D eigenvalue weighted by Gasteiger charge is 2.09. The predicted octanol–water partition coefficient (Wildman–Crippen LogP) is 3.77. The van der Waals surface area contributed by atoms with E-state index in [9.17, 15) is 9.18 Å². The number of hydrogen-bond acceptors (Lipinski definition) is 3. The number of aromatic nitrogens is 1. The summed E-state index contributed by atoms with van der Waals surface area (Å²) in [6.07, 6.45) is 2.32. The van der Waals surface area contributed by atoms with Crippen LogP contribution in [0.15, 0.2) is 54.7 Å². The molecule has 3 nitrogen and oxygen atoms in total. The quantitative estimate of drug-likeness (QED) is 0.683. The fourth-order valence-corrected chi connectivity index (χ4v) is 2.14. The van der Waals surface area contributed by atoms with Crippen molar-refractivity contribution < 1.29 is 13.9 Å². The first kappa shape index (κ1) is 13.2. The average molecular weight is 281 g/mol. The van der Waals surface area contributed by atoms with Crippen LogP contribution in [0.1, 0.15) is 15.9 Å². The minimum Gasteiger partial charge on any atom is -0.485 e. The summed E-state index contributed by atoms with van der Waals surface area (Å²) in [6.45, 7) is 0.187. The summed E-state index contributed by atoms with van der Waals surface area (Å²) < 4.78 is 19.2. The monoisotopic (exact) mass is 281 g/mol. The third-order valence-corrected chi connectivity index (χ3v) is 3.17. The molecule has 0 atom stereocenters. The summed E-state index contributed by atoms with van der Waals surface area (Å²) >= 11 is 0. The first-order valence-corrected chi connectivity index (χ1v) is 6.48. The Bertz CT molecular complexity index is 802. The van der Waals surface area contributed by atoms with Gasteiger partial charge in [-0.05, 0) is 35.9 Å². The van der Waals surface area contributed by atoms with Gasteiger partial charge in [0, 0.05) is 11.6 Å². The Balaban J connectivity index is 1.85. The normalized spacial score (nSPS) is 10.5. The second-order valence-electron chi connectivity index (χ2n) is 4.60. The summed E-state index contributed by atoms with van der Waals surface area (Å²) in [4.78, 5) is 15.1. The summed E-state index contributed by atoms with van der Waals surface area (Å²) in [5.74, 6) is -0.555. The highest BCUT2D eigenvalue weighted by atomic mass is 19.1. The predicted molar refractivity (Wildman–Crippen MR) is 77.9 cm³/mol. The topological polar surface area (TPSA) is 39.2 Å². The van der Waals surface area contributed by atoms with Crippen LogP contribution >= 0.6 is 0 Å². The number of hydrogen-bond donors (Lipinski definition) is 0. The van der Waals surface area contributed by atoms with Gasteiger partial charge in [0.25, 0.3) is 0 Å². The number of para-hydroxylation sites is 1. The third kappa shape index (κ3) is 2.74. The smallest absolute Gasteiger partial charge is 0.165 e. The number of carbonyl (C=O) groups is 1. The number of ether oxygens (including phenoxy) is 1. The van der Waals surface area contributed by atoms with Crippen LogP contribution in [0.3, 0.4) is 0 Å². The molecule has 3 rings (SSSR count). The lowest BCUT2D eigenvalue weighted by molar-refractivity contribution is 0.111. The highest BCUT2D eigenvalue weighted by Crippen LogP contribution is 2.23.